The van der Waals surface area contributed by atoms with E-state index in [1.165, 1.54) is 36.0 Å². The highest BCUT2D eigenvalue weighted by Crippen LogP contribution is 2.39. The van der Waals surface area contributed by atoms with E-state index in [9.17, 15) is 13.2 Å². The van der Waals surface area contributed by atoms with Crippen LogP contribution in [-0.4, -0.2) is 30.7 Å². The van der Waals surface area contributed by atoms with Crippen LogP contribution in [0.15, 0.2) is 40.4 Å². The number of anilines is 1. The summed E-state index contributed by atoms with van der Waals surface area (Å²) in [4.78, 5) is 16.8. The average molecular weight is 356 g/mol. The summed E-state index contributed by atoms with van der Waals surface area (Å²) in [6.07, 6.45) is 3.04. The van der Waals surface area contributed by atoms with Gasteiger partial charge in [0, 0.05) is 18.6 Å². The molecule has 3 rings (SSSR count). The maximum absolute atomic E-state index is 12.5. The molecule has 0 bridgehead atoms. The zero-order valence-electron chi connectivity index (χ0n) is 11.3. The molecule has 1 N–H and O–H groups in total. The molecule has 1 aliphatic rings. The van der Waals surface area contributed by atoms with Gasteiger partial charge in [0.25, 0.3) is 15.9 Å². The molecule has 2 aromatic rings. The van der Waals surface area contributed by atoms with E-state index in [4.69, 9.17) is 11.6 Å². The maximum Gasteiger partial charge on any atom is 0.274 e. The lowest BCUT2D eigenvalue weighted by molar-refractivity contribution is -0.113. The molecule has 6 nitrogen and oxygen atoms in total. The maximum atomic E-state index is 12.5. The van der Waals surface area contributed by atoms with E-state index in [-0.39, 0.29) is 15.6 Å². The summed E-state index contributed by atoms with van der Waals surface area (Å²) in [7, 11) is -2.52. The summed E-state index contributed by atoms with van der Waals surface area (Å²) in [5.74, 6) is -0.214. The van der Waals surface area contributed by atoms with Gasteiger partial charge in [0.15, 0.2) is 0 Å². The number of thiophene rings is 1. The number of halogens is 1. The fraction of sp³-hybridized carbons (Fsp3) is 0.0769. The van der Waals surface area contributed by atoms with Crippen LogP contribution < -0.4 is 5.32 Å². The van der Waals surface area contributed by atoms with Crippen molar-refractivity contribution < 1.29 is 13.2 Å². The van der Waals surface area contributed by atoms with Crippen molar-refractivity contribution >= 4 is 50.8 Å². The standard InChI is InChI=1S/C13H10ClN3O3S2/c1-17-9(13(18)16-11-4-2-3-5-15-11)6-10-12(22(17,19)20)8(14)7-21-10/h2-7H,1H3,(H,15,16,18). The van der Waals surface area contributed by atoms with E-state index >= 15 is 0 Å². The van der Waals surface area contributed by atoms with Gasteiger partial charge in [-0.25, -0.2) is 13.4 Å². The molecule has 2 aromatic heterocycles. The Morgan fingerprint density at radius 1 is 1.41 bits per heavy atom. The topological polar surface area (TPSA) is 79.4 Å². The first-order chi connectivity index (χ1) is 10.4. The second kappa shape index (κ2) is 5.38. The number of likely N-dealkylation sites (N-methyl/N-ethyl adjacent to an activating group) is 1. The Bertz CT molecular complexity index is 875. The number of hydrogen-bond acceptors (Lipinski definition) is 5. The van der Waals surface area contributed by atoms with Gasteiger partial charge < -0.3 is 5.32 Å². The molecule has 1 amide bonds. The van der Waals surface area contributed by atoms with Crippen molar-refractivity contribution in [2.24, 2.45) is 0 Å². The second-order valence-electron chi connectivity index (χ2n) is 4.45. The van der Waals surface area contributed by atoms with Crippen molar-refractivity contribution in [3.63, 3.8) is 0 Å². The fourth-order valence-electron chi connectivity index (χ4n) is 2.00. The summed E-state index contributed by atoms with van der Waals surface area (Å²) >= 11 is 7.10. The molecule has 114 valence electrons. The molecule has 0 fully saturated rings. The quantitative estimate of drug-likeness (QED) is 0.897. The van der Waals surface area contributed by atoms with Gasteiger partial charge >= 0.3 is 0 Å². The Balaban J connectivity index is 2.01. The number of pyridine rings is 1. The lowest BCUT2D eigenvalue weighted by Crippen LogP contribution is -2.35. The highest BCUT2D eigenvalue weighted by atomic mass is 35.5. The minimum absolute atomic E-state index is 0.0108. The van der Waals surface area contributed by atoms with Crippen molar-refractivity contribution in [3.8, 4) is 0 Å². The molecule has 0 aliphatic carbocycles. The number of amides is 1. The molecule has 0 radical (unpaired) electrons. The number of rotatable bonds is 2. The molecule has 3 heterocycles. The molecule has 1 aliphatic heterocycles. The Kier molecular flexibility index (Phi) is 3.67. The summed E-state index contributed by atoms with van der Waals surface area (Å²) in [6.45, 7) is 0. The summed E-state index contributed by atoms with van der Waals surface area (Å²) in [5.41, 5.74) is 0.0108. The van der Waals surface area contributed by atoms with E-state index in [0.717, 1.165) is 4.31 Å². The van der Waals surface area contributed by atoms with Gasteiger partial charge in [-0.05, 0) is 18.2 Å². The van der Waals surface area contributed by atoms with Gasteiger partial charge in [-0.2, -0.15) is 0 Å². The first-order valence-corrected chi connectivity index (χ1v) is 8.81. The van der Waals surface area contributed by atoms with E-state index in [1.807, 2.05) is 0 Å². The Morgan fingerprint density at radius 3 is 2.86 bits per heavy atom. The molecule has 0 saturated heterocycles. The van der Waals surface area contributed by atoms with E-state index in [2.05, 4.69) is 10.3 Å². The minimum Gasteiger partial charge on any atom is -0.305 e. The molecule has 22 heavy (non-hydrogen) atoms. The minimum atomic E-state index is -3.83. The number of carbonyl (C=O) groups is 1. The van der Waals surface area contributed by atoms with E-state index in [1.54, 1.807) is 18.2 Å². The lowest BCUT2D eigenvalue weighted by Gasteiger charge is -2.25. The van der Waals surface area contributed by atoms with Crippen LogP contribution in [0.5, 0.6) is 0 Å². The zero-order valence-corrected chi connectivity index (χ0v) is 13.7. The van der Waals surface area contributed by atoms with Crippen molar-refractivity contribution in [1.82, 2.24) is 9.29 Å². The van der Waals surface area contributed by atoms with Gasteiger partial charge in [-0.15, -0.1) is 11.3 Å². The highest BCUT2D eigenvalue weighted by molar-refractivity contribution is 7.89. The monoisotopic (exact) mass is 355 g/mol. The van der Waals surface area contributed by atoms with Crippen LogP contribution in [-0.2, 0) is 14.8 Å². The molecule has 9 heteroatoms. The van der Waals surface area contributed by atoms with Crippen LogP contribution in [0.2, 0.25) is 5.02 Å². The van der Waals surface area contributed by atoms with Gasteiger partial charge in [-0.1, -0.05) is 17.7 Å². The number of nitrogens with one attached hydrogen (secondary N) is 1. The number of hydrogen-bond donors (Lipinski definition) is 1. The number of nitrogens with zero attached hydrogens (tertiary/aromatic N) is 2. The van der Waals surface area contributed by atoms with Crippen LogP contribution in [0.4, 0.5) is 5.82 Å². The smallest absolute Gasteiger partial charge is 0.274 e. The van der Waals surface area contributed by atoms with Crippen LogP contribution >= 0.6 is 22.9 Å². The van der Waals surface area contributed by atoms with Crippen LogP contribution in [0.1, 0.15) is 4.88 Å². The summed E-state index contributed by atoms with van der Waals surface area (Å²) < 4.78 is 25.9. The van der Waals surface area contributed by atoms with Crippen molar-refractivity contribution in [2.75, 3.05) is 12.4 Å². The second-order valence-corrected chi connectivity index (χ2v) is 7.67. The Morgan fingerprint density at radius 2 is 2.18 bits per heavy atom. The Hall–Kier alpha value is -1.90. The van der Waals surface area contributed by atoms with Crippen molar-refractivity contribution in [2.45, 2.75) is 4.90 Å². The largest absolute Gasteiger partial charge is 0.305 e. The molecule has 0 saturated carbocycles. The SMILES string of the molecule is CN1C(C(=O)Nc2ccccn2)=Cc2scc(Cl)c2S1(=O)=O. The van der Waals surface area contributed by atoms with Gasteiger partial charge in [-0.3, -0.25) is 9.10 Å². The van der Waals surface area contributed by atoms with Gasteiger partial charge in [0.05, 0.1) is 9.90 Å². The molecular formula is C13H10ClN3O3S2. The summed E-state index contributed by atoms with van der Waals surface area (Å²) in [5, 5.41) is 4.26. The molecule has 0 aromatic carbocycles. The van der Waals surface area contributed by atoms with Crippen LogP contribution in [0, 0.1) is 0 Å². The fourth-order valence-corrected chi connectivity index (χ4v) is 5.15. The van der Waals surface area contributed by atoms with E-state index < -0.39 is 15.9 Å². The highest BCUT2D eigenvalue weighted by Gasteiger charge is 2.36. The van der Waals surface area contributed by atoms with E-state index in [0.29, 0.717) is 10.7 Å². The third kappa shape index (κ3) is 2.39. The predicted octanol–water partition coefficient (Wildman–Crippen LogP) is 2.41. The third-order valence-corrected chi connectivity index (χ3v) is 6.57. The molecule has 0 atom stereocenters. The number of fused-ring (bicyclic) bond motifs is 1. The number of aromatic nitrogens is 1. The van der Waals surface area contributed by atoms with Crippen molar-refractivity contribution in [1.29, 1.82) is 0 Å². The molecule has 0 spiro atoms. The first-order valence-electron chi connectivity index (χ1n) is 6.11. The predicted molar refractivity (Wildman–Crippen MR) is 85.1 cm³/mol. The first kappa shape index (κ1) is 15.0. The average Bonchev–Trinajstić information content (AvgIpc) is 2.86. The zero-order chi connectivity index (χ0) is 15.9. The Labute approximate surface area is 136 Å². The number of sulfonamides is 1. The number of carbonyl (C=O) groups excluding carboxylic acids is 1. The third-order valence-electron chi connectivity index (χ3n) is 3.09. The molecule has 0 unspecified atom stereocenters. The normalized spacial score (nSPS) is 15.9. The van der Waals surface area contributed by atoms with Crippen LogP contribution in [0.3, 0.4) is 0 Å². The van der Waals surface area contributed by atoms with Crippen molar-refractivity contribution in [3.05, 3.63) is 45.4 Å². The summed E-state index contributed by atoms with van der Waals surface area (Å²) in [6, 6.07) is 5.05. The van der Waals surface area contributed by atoms with Gasteiger partial charge in [0.1, 0.15) is 16.4 Å². The molecular weight excluding hydrogens is 346 g/mol. The van der Waals surface area contributed by atoms with Crippen LogP contribution in [0.25, 0.3) is 6.08 Å². The lowest BCUT2D eigenvalue weighted by atomic mass is 10.3. The van der Waals surface area contributed by atoms with Gasteiger partial charge in [0.2, 0.25) is 0 Å².